The molecule has 2 amide bonds. The molecule has 7 heteroatoms. The number of benzene rings is 1. The monoisotopic (exact) mass is 362 g/mol. The highest BCUT2D eigenvalue weighted by Crippen LogP contribution is 2.36. The third-order valence-electron chi connectivity index (χ3n) is 4.54. The van der Waals surface area contributed by atoms with Gasteiger partial charge in [-0.25, -0.2) is 0 Å². The van der Waals surface area contributed by atoms with Crippen LogP contribution in [0.3, 0.4) is 0 Å². The maximum atomic E-state index is 12.2. The van der Waals surface area contributed by atoms with Gasteiger partial charge in [-0.3, -0.25) is 14.4 Å². The lowest BCUT2D eigenvalue weighted by molar-refractivity contribution is -0.153. The Morgan fingerprint density at radius 3 is 2.92 bits per heavy atom. The van der Waals surface area contributed by atoms with Crippen LogP contribution in [0.25, 0.3) is 0 Å². The van der Waals surface area contributed by atoms with Crippen LogP contribution in [0.2, 0.25) is 0 Å². The molecule has 3 rings (SSSR count). The first-order chi connectivity index (χ1) is 12.0. The summed E-state index contributed by atoms with van der Waals surface area (Å²) < 4.78 is 5.12. The third-order valence-corrected chi connectivity index (χ3v) is 5.81. The highest BCUT2D eigenvalue weighted by Gasteiger charge is 2.30. The minimum absolute atomic E-state index is 0.0479. The first kappa shape index (κ1) is 17.8. The molecular formula is C18H22N2O4S. The Hall–Kier alpha value is -2.02. The molecule has 0 saturated carbocycles. The molecule has 134 valence electrons. The van der Waals surface area contributed by atoms with E-state index in [9.17, 15) is 14.4 Å². The number of ether oxygens (including phenoxy) is 1. The molecule has 2 atom stereocenters. The van der Waals surface area contributed by atoms with Gasteiger partial charge < -0.3 is 15.0 Å². The number of carbonyl (C=O) groups excluding carboxylic acids is 3. The molecule has 0 aromatic heterocycles. The van der Waals surface area contributed by atoms with Crippen LogP contribution in [0.1, 0.15) is 32.6 Å². The van der Waals surface area contributed by atoms with Crippen LogP contribution < -0.4 is 5.32 Å². The number of fused-ring (bicyclic) bond motifs is 1. The van der Waals surface area contributed by atoms with Gasteiger partial charge in [0, 0.05) is 17.5 Å². The van der Waals surface area contributed by atoms with E-state index in [1.165, 1.54) is 11.8 Å². The molecule has 2 aliphatic heterocycles. The molecule has 0 aliphatic carbocycles. The van der Waals surface area contributed by atoms with Gasteiger partial charge in [0.2, 0.25) is 5.91 Å². The molecular weight excluding hydrogens is 340 g/mol. The van der Waals surface area contributed by atoms with E-state index in [0.717, 1.165) is 36.4 Å². The lowest BCUT2D eigenvalue weighted by atomic mass is 10.0. The van der Waals surface area contributed by atoms with Crippen molar-refractivity contribution in [2.45, 2.75) is 48.8 Å². The molecule has 1 aromatic carbocycles. The average molecular weight is 362 g/mol. The van der Waals surface area contributed by atoms with Crippen molar-refractivity contribution in [3.8, 4) is 0 Å². The van der Waals surface area contributed by atoms with E-state index in [1.807, 2.05) is 31.2 Å². The maximum Gasteiger partial charge on any atom is 0.307 e. The first-order valence-electron chi connectivity index (χ1n) is 8.56. The maximum absolute atomic E-state index is 12.2. The predicted molar refractivity (Wildman–Crippen MR) is 95.3 cm³/mol. The quantitative estimate of drug-likeness (QED) is 0.833. The summed E-state index contributed by atoms with van der Waals surface area (Å²) in [5, 5.41) is 2.26. The summed E-state index contributed by atoms with van der Waals surface area (Å²) in [5.41, 5.74) is 0.761. The van der Waals surface area contributed by atoms with Gasteiger partial charge in [0.05, 0.1) is 17.4 Å². The number of thioether (sulfide) groups is 1. The lowest BCUT2D eigenvalue weighted by Crippen LogP contribution is -2.44. The van der Waals surface area contributed by atoms with Gasteiger partial charge in [0.25, 0.3) is 5.91 Å². The first-order valence-corrected chi connectivity index (χ1v) is 9.44. The Kier molecular flexibility index (Phi) is 5.63. The molecule has 1 aromatic rings. The molecule has 0 radical (unpaired) electrons. The van der Waals surface area contributed by atoms with Crippen molar-refractivity contribution in [3.63, 3.8) is 0 Å². The van der Waals surface area contributed by atoms with Gasteiger partial charge in [-0.15, -0.1) is 11.8 Å². The molecule has 1 N–H and O–H groups in total. The average Bonchev–Trinajstić information content (AvgIpc) is 2.61. The number of esters is 1. The number of hydrogen-bond acceptors (Lipinski definition) is 5. The molecule has 1 saturated heterocycles. The van der Waals surface area contributed by atoms with Crippen LogP contribution in [-0.4, -0.2) is 47.1 Å². The Balaban J connectivity index is 1.49. The van der Waals surface area contributed by atoms with Crippen LogP contribution in [0.5, 0.6) is 0 Å². The fourth-order valence-electron chi connectivity index (χ4n) is 3.13. The number of carbonyl (C=O) groups is 3. The van der Waals surface area contributed by atoms with Crippen molar-refractivity contribution < 1.29 is 19.1 Å². The molecule has 2 aliphatic rings. The van der Waals surface area contributed by atoms with E-state index in [1.54, 1.807) is 4.90 Å². The molecule has 6 nitrogen and oxygen atoms in total. The fraction of sp³-hybridized carbons (Fsp3) is 0.500. The number of piperidine rings is 1. The van der Waals surface area contributed by atoms with Gasteiger partial charge in [-0.05, 0) is 38.3 Å². The topological polar surface area (TPSA) is 75.7 Å². The second-order valence-electron chi connectivity index (χ2n) is 6.39. The Morgan fingerprint density at radius 2 is 2.12 bits per heavy atom. The largest absolute Gasteiger partial charge is 0.456 e. The van der Waals surface area contributed by atoms with Crippen molar-refractivity contribution in [1.29, 1.82) is 0 Å². The normalized spacial score (nSPS) is 22.8. The fourth-order valence-corrected chi connectivity index (χ4v) is 4.23. The SMILES string of the molecule is C[C@H]1CCCCN1C(=O)COC(=O)C[C@H]1Sc2ccccc2NC1=O. The Morgan fingerprint density at radius 1 is 1.32 bits per heavy atom. The summed E-state index contributed by atoms with van der Waals surface area (Å²) in [5.74, 6) is -0.895. The van der Waals surface area contributed by atoms with Gasteiger partial charge in [0.15, 0.2) is 6.61 Å². The van der Waals surface area contributed by atoms with Crippen LogP contribution in [0, 0.1) is 0 Å². The lowest BCUT2D eigenvalue weighted by Gasteiger charge is -2.33. The number of likely N-dealkylation sites (tertiary alicyclic amines) is 1. The number of nitrogens with zero attached hydrogens (tertiary/aromatic N) is 1. The van der Waals surface area contributed by atoms with Gasteiger partial charge >= 0.3 is 5.97 Å². The zero-order valence-corrected chi connectivity index (χ0v) is 15.0. The summed E-state index contributed by atoms with van der Waals surface area (Å²) in [6.07, 6.45) is 3.05. The van der Waals surface area contributed by atoms with Crippen molar-refractivity contribution in [2.75, 3.05) is 18.5 Å². The van der Waals surface area contributed by atoms with E-state index in [2.05, 4.69) is 5.32 Å². The molecule has 1 fully saturated rings. The van der Waals surface area contributed by atoms with E-state index in [0.29, 0.717) is 0 Å². The van der Waals surface area contributed by atoms with Crippen molar-refractivity contribution >= 4 is 35.2 Å². The summed E-state index contributed by atoms with van der Waals surface area (Å²) in [7, 11) is 0. The number of anilines is 1. The number of para-hydroxylation sites is 1. The molecule has 0 unspecified atom stereocenters. The van der Waals surface area contributed by atoms with Crippen LogP contribution in [0.15, 0.2) is 29.2 Å². The summed E-state index contributed by atoms with van der Waals surface area (Å²) in [6, 6.07) is 7.65. The van der Waals surface area contributed by atoms with Crippen LogP contribution in [-0.2, 0) is 19.1 Å². The smallest absolute Gasteiger partial charge is 0.307 e. The number of rotatable bonds is 4. The van der Waals surface area contributed by atoms with E-state index in [-0.39, 0.29) is 30.9 Å². The third kappa shape index (κ3) is 4.34. The number of amides is 2. The minimum atomic E-state index is -0.536. The number of hydrogen-bond donors (Lipinski definition) is 1. The summed E-state index contributed by atoms with van der Waals surface area (Å²) in [4.78, 5) is 39.1. The van der Waals surface area contributed by atoms with Crippen molar-refractivity contribution in [3.05, 3.63) is 24.3 Å². The molecule has 25 heavy (non-hydrogen) atoms. The van der Waals surface area contributed by atoms with Gasteiger partial charge in [0.1, 0.15) is 0 Å². The van der Waals surface area contributed by atoms with Crippen molar-refractivity contribution in [1.82, 2.24) is 4.90 Å². The summed E-state index contributed by atoms with van der Waals surface area (Å²) in [6.45, 7) is 2.48. The van der Waals surface area contributed by atoms with Gasteiger partial charge in [-0.2, -0.15) is 0 Å². The predicted octanol–water partition coefficient (Wildman–Crippen LogP) is 2.43. The second kappa shape index (κ2) is 7.91. The molecule has 0 spiro atoms. The van der Waals surface area contributed by atoms with Crippen LogP contribution >= 0.6 is 11.8 Å². The van der Waals surface area contributed by atoms with Gasteiger partial charge in [-0.1, -0.05) is 12.1 Å². The Labute approximate surface area is 151 Å². The van der Waals surface area contributed by atoms with E-state index >= 15 is 0 Å². The highest BCUT2D eigenvalue weighted by molar-refractivity contribution is 8.01. The highest BCUT2D eigenvalue weighted by atomic mass is 32.2. The van der Waals surface area contributed by atoms with Crippen molar-refractivity contribution in [2.24, 2.45) is 0 Å². The number of nitrogens with one attached hydrogen (secondary N) is 1. The zero-order valence-electron chi connectivity index (χ0n) is 14.2. The van der Waals surface area contributed by atoms with Crippen LogP contribution in [0.4, 0.5) is 5.69 Å². The van der Waals surface area contributed by atoms with E-state index in [4.69, 9.17) is 4.74 Å². The molecule has 2 heterocycles. The Bertz CT molecular complexity index is 679. The standard InChI is InChI=1S/C18H22N2O4S/c1-12-6-4-5-9-20(12)16(21)11-24-17(22)10-15-18(23)19-13-7-2-3-8-14(13)25-15/h2-3,7-8,12,15H,4-6,9-11H2,1H3,(H,19,23)/t12-,15+/m0/s1. The second-order valence-corrected chi connectivity index (χ2v) is 7.63. The zero-order chi connectivity index (χ0) is 17.8. The minimum Gasteiger partial charge on any atom is -0.456 e. The van der Waals surface area contributed by atoms with E-state index < -0.39 is 11.2 Å². The summed E-state index contributed by atoms with van der Waals surface area (Å²) >= 11 is 1.35. The molecule has 0 bridgehead atoms.